The summed E-state index contributed by atoms with van der Waals surface area (Å²) in [5, 5.41) is 2.97. The standard InChI is InChI=1S/C15H15NO/c1-12(17)16-15(13-8-4-2-5-9-13)14-10-6-3-7-11-14/h2-11,15H,1H3,(H,16,17). The van der Waals surface area contributed by atoms with Crippen molar-refractivity contribution in [3.05, 3.63) is 71.8 Å². The van der Waals surface area contributed by atoms with Crippen molar-refractivity contribution >= 4 is 5.91 Å². The monoisotopic (exact) mass is 225 g/mol. The Kier molecular flexibility index (Phi) is 3.55. The van der Waals surface area contributed by atoms with E-state index in [0.717, 1.165) is 11.1 Å². The van der Waals surface area contributed by atoms with E-state index in [2.05, 4.69) is 5.32 Å². The maximum absolute atomic E-state index is 11.3. The Labute approximate surface area is 101 Å². The van der Waals surface area contributed by atoms with Crippen molar-refractivity contribution in [3.63, 3.8) is 0 Å². The van der Waals surface area contributed by atoms with Crippen LogP contribution in [0.2, 0.25) is 0 Å². The summed E-state index contributed by atoms with van der Waals surface area (Å²) in [4.78, 5) is 11.3. The zero-order valence-electron chi connectivity index (χ0n) is 9.76. The molecule has 0 bridgehead atoms. The van der Waals surface area contributed by atoms with Crippen LogP contribution in [0.1, 0.15) is 24.1 Å². The number of carbonyl (C=O) groups excluding carboxylic acids is 1. The molecular formula is C15H15NO. The molecule has 0 heterocycles. The molecule has 0 fully saturated rings. The molecule has 0 aromatic heterocycles. The molecule has 0 saturated carbocycles. The number of rotatable bonds is 3. The molecule has 0 aliphatic heterocycles. The Bertz CT molecular complexity index is 439. The minimum atomic E-state index is -0.0742. The summed E-state index contributed by atoms with van der Waals surface area (Å²) in [5.41, 5.74) is 2.18. The Morgan fingerprint density at radius 2 is 1.29 bits per heavy atom. The molecule has 0 spiro atoms. The highest BCUT2D eigenvalue weighted by Gasteiger charge is 2.13. The Morgan fingerprint density at radius 1 is 0.882 bits per heavy atom. The number of hydrogen-bond acceptors (Lipinski definition) is 1. The van der Waals surface area contributed by atoms with Gasteiger partial charge in [0.15, 0.2) is 0 Å². The van der Waals surface area contributed by atoms with Gasteiger partial charge in [-0.1, -0.05) is 60.7 Å². The summed E-state index contributed by atoms with van der Waals surface area (Å²) < 4.78 is 0. The van der Waals surface area contributed by atoms with Gasteiger partial charge in [0.1, 0.15) is 0 Å². The van der Waals surface area contributed by atoms with Gasteiger partial charge in [-0.3, -0.25) is 4.79 Å². The van der Waals surface area contributed by atoms with Gasteiger partial charge in [0.2, 0.25) is 5.91 Å². The second-order valence-electron chi connectivity index (χ2n) is 3.95. The van der Waals surface area contributed by atoms with E-state index in [-0.39, 0.29) is 11.9 Å². The lowest BCUT2D eigenvalue weighted by Gasteiger charge is -2.18. The fourth-order valence-corrected chi connectivity index (χ4v) is 1.85. The predicted molar refractivity (Wildman–Crippen MR) is 68.5 cm³/mol. The summed E-state index contributed by atoms with van der Waals surface area (Å²) in [7, 11) is 0. The number of hydrogen-bond donors (Lipinski definition) is 1. The Morgan fingerprint density at radius 3 is 1.65 bits per heavy atom. The van der Waals surface area contributed by atoms with Crippen LogP contribution in [0, 0.1) is 0 Å². The van der Waals surface area contributed by atoms with Crippen molar-refractivity contribution in [1.29, 1.82) is 0 Å². The number of amides is 1. The molecule has 0 unspecified atom stereocenters. The molecule has 2 aromatic rings. The first kappa shape index (κ1) is 11.4. The van der Waals surface area contributed by atoms with Crippen LogP contribution in [0.3, 0.4) is 0 Å². The van der Waals surface area contributed by atoms with Crippen LogP contribution in [-0.4, -0.2) is 5.91 Å². The summed E-state index contributed by atoms with van der Waals surface area (Å²) >= 11 is 0. The summed E-state index contributed by atoms with van der Waals surface area (Å²) in [6, 6.07) is 19.9. The van der Waals surface area contributed by atoms with Crippen LogP contribution < -0.4 is 5.32 Å². The zero-order valence-corrected chi connectivity index (χ0v) is 9.76. The van der Waals surface area contributed by atoms with Gasteiger partial charge >= 0.3 is 0 Å². The van der Waals surface area contributed by atoms with E-state index in [1.807, 2.05) is 60.7 Å². The molecule has 0 radical (unpaired) electrons. The molecule has 0 atom stereocenters. The third kappa shape index (κ3) is 2.94. The van der Waals surface area contributed by atoms with E-state index in [1.165, 1.54) is 0 Å². The van der Waals surface area contributed by atoms with Crippen LogP contribution in [0.15, 0.2) is 60.7 Å². The van der Waals surface area contributed by atoms with Crippen molar-refractivity contribution in [2.45, 2.75) is 13.0 Å². The molecule has 2 rings (SSSR count). The highest BCUT2D eigenvalue weighted by molar-refractivity contribution is 5.74. The first-order chi connectivity index (χ1) is 8.27. The van der Waals surface area contributed by atoms with E-state index >= 15 is 0 Å². The van der Waals surface area contributed by atoms with Gasteiger partial charge in [-0.15, -0.1) is 0 Å². The highest BCUT2D eigenvalue weighted by Crippen LogP contribution is 2.21. The minimum absolute atomic E-state index is 0.0253. The lowest BCUT2D eigenvalue weighted by Crippen LogP contribution is -2.26. The van der Waals surface area contributed by atoms with Gasteiger partial charge in [0, 0.05) is 6.92 Å². The van der Waals surface area contributed by atoms with E-state index < -0.39 is 0 Å². The average molecular weight is 225 g/mol. The van der Waals surface area contributed by atoms with Gasteiger partial charge in [-0.25, -0.2) is 0 Å². The lowest BCUT2D eigenvalue weighted by molar-refractivity contribution is -0.119. The average Bonchev–Trinajstić information content (AvgIpc) is 2.38. The third-order valence-electron chi connectivity index (χ3n) is 2.61. The molecule has 2 aromatic carbocycles. The number of carbonyl (C=O) groups is 1. The Balaban J connectivity index is 2.36. The molecule has 2 nitrogen and oxygen atoms in total. The fourth-order valence-electron chi connectivity index (χ4n) is 1.85. The van der Waals surface area contributed by atoms with Crippen LogP contribution >= 0.6 is 0 Å². The lowest BCUT2D eigenvalue weighted by atomic mass is 9.99. The minimum Gasteiger partial charge on any atom is -0.345 e. The predicted octanol–water partition coefficient (Wildman–Crippen LogP) is 2.91. The molecule has 0 aliphatic carbocycles. The molecule has 86 valence electrons. The molecule has 0 aliphatic rings. The molecule has 0 saturated heterocycles. The quantitative estimate of drug-likeness (QED) is 0.855. The maximum Gasteiger partial charge on any atom is 0.217 e. The Hall–Kier alpha value is -2.09. The highest BCUT2D eigenvalue weighted by atomic mass is 16.1. The normalized spacial score (nSPS) is 10.2. The van der Waals surface area contributed by atoms with E-state index in [4.69, 9.17) is 0 Å². The first-order valence-corrected chi connectivity index (χ1v) is 5.64. The molecule has 1 amide bonds. The summed E-state index contributed by atoms with van der Waals surface area (Å²) in [5.74, 6) is -0.0253. The van der Waals surface area contributed by atoms with E-state index in [9.17, 15) is 4.79 Å². The van der Waals surface area contributed by atoms with Crippen LogP contribution in [0.25, 0.3) is 0 Å². The number of benzene rings is 2. The van der Waals surface area contributed by atoms with Crippen molar-refractivity contribution in [2.24, 2.45) is 0 Å². The molecular weight excluding hydrogens is 210 g/mol. The van der Waals surface area contributed by atoms with Gasteiger partial charge < -0.3 is 5.32 Å². The topological polar surface area (TPSA) is 29.1 Å². The maximum atomic E-state index is 11.3. The summed E-state index contributed by atoms with van der Waals surface area (Å²) in [6.45, 7) is 1.54. The van der Waals surface area contributed by atoms with Crippen LogP contribution in [-0.2, 0) is 4.79 Å². The summed E-state index contributed by atoms with van der Waals surface area (Å²) in [6.07, 6.45) is 0. The molecule has 1 N–H and O–H groups in total. The van der Waals surface area contributed by atoms with Gasteiger partial charge in [-0.2, -0.15) is 0 Å². The second kappa shape index (κ2) is 5.30. The largest absolute Gasteiger partial charge is 0.345 e. The third-order valence-corrected chi connectivity index (χ3v) is 2.61. The first-order valence-electron chi connectivity index (χ1n) is 5.64. The van der Waals surface area contributed by atoms with Crippen molar-refractivity contribution < 1.29 is 4.79 Å². The van der Waals surface area contributed by atoms with E-state index in [1.54, 1.807) is 6.92 Å². The second-order valence-corrected chi connectivity index (χ2v) is 3.95. The van der Waals surface area contributed by atoms with Crippen molar-refractivity contribution in [2.75, 3.05) is 0 Å². The fraction of sp³-hybridized carbons (Fsp3) is 0.133. The van der Waals surface area contributed by atoms with E-state index in [0.29, 0.717) is 0 Å². The van der Waals surface area contributed by atoms with Crippen molar-refractivity contribution in [3.8, 4) is 0 Å². The number of nitrogens with one attached hydrogen (secondary N) is 1. The van der Waals surface area contributed by atoms with Crippen LogP contribution in [0.4, 0.5) is 0 Å². The van der Waals surface area contributed by atoms with Crippen LogP contribution in [0.5, 0.6) is 0 Å². The van der Waals surface area contributed by atoms with Gasteiger partial charge in [0.05, 0.1) is 6.04 Å². The van der Waals surface area contributed by atoms with Gasteiger partial charge in [-0.05, 0) is 11.1 Å². The van der Waals surface area contributed by atoms with Crippen molar-refractivity contribution in [1.82, 2.24) is 5.32 Å². The SMILES string of the molecule is CC(=O)NC(c1ccccc1)c1ccccc1. The molecule has 2 heteroatoms. The van der Waals surface area contributed by atoms with Gasteiger partial charge in [0.25, 0.3) is 0 Å². The molecule has 17 heavy (non-hydrogen) atoms. The zero-order chi connectivity index (χ0) is 12.1. The smallest absolute Gasteiger partial charge is 0.217 e.